The number of carbonyl (C=O) groups excluding carboxylic acids is 2. The van der Waals surface area contributed by atoms with Crippen molar-refractivity contribution in [3.05, 3.63) is 24.3 Å². The first kappa shape index (κ1) is 19.5. The Balaban J connectivity index is 1.60. The molecule has 0 unspecified atom stereocenters. The summed E-state index contributed by atoms with van der Waals surface area (Å²) in [6.45, 7) is 6.76. The van der Waals surface area contributed by atoms with Gasteiger partial charge >= 0.3 is 6.03 Å². The van der Waals surface area contributed by atoms with E-state index in [1.54, 1.807) is 0 Å². The van der Waals surface area contributed by atoms with Gasteiger partial charge in [-0.1, -0.05) is 32.4 Å². The molecule has 6 heteroatoms. The Kier molecular flexibility index (Phi) is 6.58. The highest BCUT2D eigenvalue weighted by Crippen LogP contribution is 2.34. The normalized spacial score (nSPS) is 20.0. The van der Waals surface area contributed by atoms with Gasteiger partial charge in [-0.2, -0.15) is 0 Å². The van der Waals surface area contributed by atoms with Gasteiger partial charge in [-0.3, -0.25) is 9.69 Å². The van der Waals surface area contributed by atoms with Crippen molar-refractivity contribution >= 4 is 17.6 Å². The van der Waals surface area contributed by atoms with Gasteiger partial charge < -0.3 is 15.0 Å². The Morgan fingerprint density at radius 2 is 1.93 bits per heavy atom. The fourth-order valence-electron chi connectivity index (χ4n) is 3.73. The molecule has 148 valence electrons. The molecular formula is C21H31N3O3. The number of likely N-dealkylation sites (tertiary alicyclic amines) is 1. The SMILES string of the molecule is CCCCNC(=O)C1CCN(C(=O)N2C[C@@H](CC)Oc3ccccc32)CC1. The zero-order valence-electron chi connectivity index (χ0n) is 16.4. The smallest absolute Gasteiger partial charge is 0.324 e. The van der Waals surface area contributed by atoms with Crippen LogP contribution >= 0.6 is 0 Å². The summed E-state index contributed by atoms with van der Waals surface area (Å²) in [5.41, 5.74) is 0.839. The van der Waals surface area contributed by atoms with Crippen molar-refractivity contribution in [2.75, 3.05) is 31.1 Å². The molecule has 0 bridgehead atoms. The number of benzene rings is 1. The van der Waals surface area contributed by atoms with Crippen molar-refractivity contribution in [3.8, 4) is 5.75 Å². The van der Waals surface area contributed by atoms with Crippen molar-refractivity contribution in [2.45, 2.75) is 52.1 Å². The Morgan fingerprint density at radius 3 is 2.63 bits per heavy atom. The van der Waals surface area contributed by atoms with Gasteiger partial charge in [0.2, 0.25) is 5.91 Å². The number of rotatable bonds is 5. The number of nitrogens with zero attached hydrogens (tertiary/aromatic N) is 2. The maximum atomic E-state index is 13.2. The summed E-state index contributed by atoms with van der Waals surface area (Å²) in [7, 11) is 0. The van der Waals surface area contributed by atoms with E-state index in [9.17, 15) is 9.59 Å². The summed E-state index contributed by atoms with van der Waals surface area (Å²) in [5.74, 6) is 0.929. The Labute approximate surface area is 161 Å². The highest BCUT2D eigenvalue weighted by Gasteiger charge is 2.34. The summed E-state index contributed by atoms with van der Waals surface area (Å²) >= 11 is 0. The van der Waals surface area contributed by atoms with E-state index in [0.29, 0.717) is 19.6 Å². The molecule has 1 atom stereocenters. The predicted molar refractivity (Wildman–Crippen MR) is 106 cm³/mol. The number of hydrogen-bond acceptors (Lipinski definition) is 3. The van der Waals surface area contributed by atoms with Gasteiger partial charge in [-0.15, -0.1) is 0 Å². The summed E-state index contributed by atoms with van der Waals surface area (Å²) < 4.78 is 5.98. The van der Waals surface area contributed by atoms with Crippen LogP contribution in [0.4, 0.5) is 10.5 Å². The zero-order valence-corrected chi connectivity index (χ0v) is 16.4. The van der Waals surface area contributed by atoms with Gasteiger partial charge in [0.1, 0.15) is 11.9 Å². The van der Waals surface area contributed by atoms with Gasteiger partial charge in [0, 0.05) is 25.6 Å². The summed E-state index contributed by atoms with van der Waals surface area (Å²) in [4.78, 5) is 29.1. The minimum atomic E-state index is 0.0192. The molecule has 1 fully saturated rings. The number of para-hydroxylation sites is 2. The number of piperidine rings is 1. The van der Waals surface area contributed by atoms with Crippen LogP contribution in [0.5, 0.6) is 5.75 Å². The van der Waals surface area contributed by atoms with Crippen LogP contribution in [0.3, 0.4) is 0 Å². The monoisotopic (exact) mass is 373 g/mol. The van der Waals surface area contributed by atoms with E-state index >= 15 is 0 Å². The maximum Gasteiger partial charge on any atom is 0.324 e. The fraction of sp³-hybridized carbons (Fsp3) is 0.619. The van der Waals surface area contributed by atoms with Crippen LogP contribution in [0.25, 0.3) is 0 Å². The van der Waals surface area contributed by atoms with Gasteiger partial charge in [0.15, 0.2) is 0 Å². The number of anilines is 1. The van der Waals surface area contributed by atoms with E-state index in [4.69, 9.17) is 4.74 Å². The van der Waals surface area contributed by atoms with E-state index < -0.39 is 0 Å². The standard InChI is InChI=1S/C21H31N3O3/c1-3-5-12-22-20(25)16-10-13-23(14-11-16)21(26)24-15-17(4-2)27-19-9-7-6-8-18(19)24/h6-9,16-17H,3-5,10-15H2,1-2H3,(H,22,25)/t17-/m1/s1. The molecule has 1 saturated heterocycles. The molecule has 1 aromatic rings. The summed E-state index contributed by atoms with van der Waals surface area (Å²) in [6.07, 6.45) is 4.42. The molecule has 0 saturated carbocycles. The molecule has 0 radical (unpaired) electrons. The van der Waals surface area contributed by atoms with Crippen LogP contribution in [-0.2, 0) is 4.79 Å². The van der Waals surface area contributed by atoms with E-state index in [0.717, 1.165) is 50.1 Å². The first-order valence-electron chi connectivity index (χ1n) is 10.2. The molecule has 1 N–H and O–H groups in total. The average molecular weight is 373 g/mol. The maximum absolute atomic E-state index is 13.2. The van der Waals surface area contributed by atoms with Gasteiger partial charge in [0.05, 0.1) is 12.2 Å². The van der Waals surface area contributed by atoms with Crippen molar-refractivity contribution in [2.24, 2.45) is 5.92 Å². The molecule has 2 aliphatic heterocycles. The molecule has 3 rings (SSSR count). The van der Waals surface area contributed by atoms with Crippen LogP contribution in [0.1, 0.15) is 46.0 Å². The molecule has 2 heterocycles. The zero-order chi connectivity index (χ0) is 19.2. The number of hydrogen-bond donors (Lipinski definition) is 1. The number of ether oxygens (including phenoxy) is 1. The largest absolute Gasteiger partial charge is 0.486 e. The second kappa shape index (κ2) is 9.11. The quantitative estimate of drug-likeness (QED) is 0.805. The van der Waals surface area contributed by atoms with Crippen LogP contribution in [-0.4, -0.2) is 49.1 Å². The fourth-order valence-corrected chi connectivity index (χ4v) is 3.73. The Bertz CT molecular complexity index is 656. The van der Waals surface area contributed by atoms with Crippen LogP contribution in [0.2, 0.25) is 0 Å². The molecule has 3 amide bonds. The average Bonchev–Trinajstić information content (AvgIpc) is 2.72. The molecule has 0 aromatic heterocycles. The third-order valence-electron chi connectivity index (χ3n) is 5.49. The summed E-state index contributed by atoms with van der Waals surface area (Å²) in [5, 5.41) is 3.02. The Hall–Kier alpha value is -2.24. The van der Waals surface area contributed by atoms with Gasteiger partial charge in [-0.25, -0.2) is 4.79 Å². The number of urea groups is 1. The minimum absolute atomic E-state index is 0.0192. The number of nitrogens with one attached hydrogen (secondary N) is 1. The lowest BCUT2D eigenvalue weighted by molar-refractivity contribution is -0.126. The number of carbonyl (C=O) groups is 2. The molecule has 0 spiro atoms. The van der Waals surface area contributed by atoms with Crippen molar-refractivity contribution in [1.29, 1.82) is 0 Å². The lowest BCUT2D eigenvalue weighted by Crippen LogP contribution is -2.52. The minimum Gasteiger partial charge on any atom is -0.486 e. The molecule has 2 aliphatic rings. The second-order valence-electron chi connectivity index (χ2n) is 7.41. The molecule has 27 heavy (non-hydrogen) atoms. The van der Waals surface area contributed by atoms with Crippen molar-refractivity contribution < 1.29 is 14.3 Å². The van der Waals surface area contributed by atoms with E-state index in [2.05, 4.69) is 19.2 Å². The molecule has 0 aliphatic carbocycles. The lowest BCUT2D eigenvalue weighted by Gasteiger charge is -2.39. The predicted octanol–water partition coefficient (Wildman–Crippen LogP) is 3.41. The third kappa shape index (κ3) is 4.54. The highest BCUT2D eigenvalue weighted by atomic mass is 16.5. The summed E-state index contributed by atoms with van der Waals surface area (Å²) in [6, 6.07) is 7.75. The van der Waals surface area contributed by atoms with Gasteiger partial charge in [-0.05, 0) is 37.8 Å². The van der Waals surface area contributed by atoms with E-state index in [-0.39, 0.29) is 24.0 Å². The third-order valence-corrected chi connectivity index (χ3v) is 5.49. The Morgan fingerprint density at radius 1 is 1.19 bits per heavy atom. The van der Waals surface area contributed by atoms with Crippen molar-refractivity contribution in [3.63, 3.8) is 0 Å². The highest BCUT2D eigenvalue weighted by molar-refractivity contribution is 5.94. The van der Waals surface area contributed by atoms with Crippen molar-refractivity contribution in [1.82, 2.24) is 10.2 Å². The molecule has 1 aromatic carbocycles. The van der Waals surface area contributed by atoms with E-state index in [1.165, 1.54) is 0 Å². The lowest BCUT2D eigenvalue weighted by atomic mass is 9.96. The second-order valence-corrected chi connectivity index (χ2v) is 7.41. The van der Waals surface area contributed by atoms with E-state index in [1.807, 2.05) is 34.1 Å². The van der Waals surface area contributed by atoms with Crippen LogP contribution < -0.4 is 15.0 Å². The molecule has 6 nitrogen and oxygen atoms in total. The van der Waals surface area contributed by atoms with Gasteiger partial charge in [0.25, 0.3) is 0 Å². The topological polar surface area (TPSA) is 61.9 Å². The van der Waals surface area contributed by atoms with Crippen LogP contribution in [0, 0.1) is 5.92 Å². The first-order chi connectivity index (χ1) is 13.1. The number of amides is 3. The number of unbranched alkanes of at least 4 members (excludes halogenated alkanes) is 1. The van der Waals surface area contributed by atoms with Crippen LogP contribution in [0.15, 0.2) is 24.3 Å². The number of fused-ring (bicyclic) bond motifs is 1. The first-order valence-corrected chi connectivity index (χ1v) is 10.2. The molecular weight excluding hydrogens is 342 g/mol.